The molecule has 0 saturated carbocycles. The number of rotatable bonds is 5. The smallest absolute Gasteiger partial charge is 0.152 e. The van der Waals surface area contributed by atoms with Gasteiger partial charge in [-0.05, 0) is 51.9 Å². The highest BCUT2D eigenvalue weighted by Crippen LogP contribution is 2.37. The fourth-order valence-electron chi connectivity index (χ4n) is 4.21. The molecular formula is C22H36N4O3. The number of ketones is 3. The van der Waals surface area contributed by atoms with Crippen molar-refractivity contribution in [3.8, 4) is 0 Å². The van der Waals surface area contributed by atoms with E-state index < -0.39 is 10.8 Å². The second-order valence-corrected chi connectivity index (χ2v) is 9.16. The number of hydrogen-bond acceptors (Lipinski definition) is 6. The van der Waals surface area contributed by atoms with Gasteiger partial charge in [0.15, 0.2) is 5.78 Å². The van der Waals surface area contributed by atoms with Gasteiger partial charge in [-0.3, -0.25) is 14.3 Å². The van der Waals surface area contributed by atoms with E-state index in [1.165, 1.54) is 0 Å². The highest BCUT2D eigenvalue weighted by atomic mass is 16.1. The minimum absolute atomic E-state index is 0.00126. The molecule has 0 unspecified atom stereocenters. The molecule has 2 N–H and O–H groups in total. The number of Topliss-reactive ketones (excluding diaryl/α,β-unsaturated/α-hetero) is 3. The van der Waals surface area contributed by atoms with Gasteiger partial charge >= 0.3 is 0 Å². The first-order valence-electron chi connectivity index (χ1n) is 10.8. The molecule has 162 valence electrons. The summed E-state index contributed by atoms with van der Waals surface area (Å²) in [5.74, 6) is 0.262. The Kier molecular flexibility index (Phi) is 8.25. The maximum Gasteiger partial charge on any atom is 0.152 e. The largest absolute Gasteiger partial charge is 0.324 e. The molecule has 7 heteroatoms. The third-order valence-electron chi connectivity index (χ3n) is 6.58. The van der Waals surface area contributed by atoms with Gasteiger partial charge in [0.1, 0.15) is 11.6 Å². The number of fused-ring (bicyclic) bond motifs is 2. The van der Waals surface area contributed by atoms with Crippen molar-refractivity contribution in [1.82, 2.24) is 15.0 Å². The molecule has 0 saturated heterocycles. The van der Waals surface area contributed by atoms with Crippen LogP contribution < -0.4 is 5.73 Å². The number of carbonyl (C=O) groups excluding carboxylic acids is 3. The summed E-state index contributed by atoms with van der Waals surface area (Å²) in [7, 11) is 0. The van der Waals surface area contributed by atoms with Gasteiger partial charge in [0.25, 0.3) is 0 Å². The van der Waals surface area contributed by atoms with E-state index in [2.05, 4.69) is 10.3 Å². The number of carbonyl (C=O) groups is 3. The Labute approximate surface area is 173 Å². The van der Waals surface area contributed by atoms with E-state index in [9.17, 15) is 14.4 Å². The Morgan fingerprint density at radius 1 is 1.14 bits per heavy atom. The zero-order valence-corrected chi connectivity index (χ0v) is 18.2. The maximum atomic E-state index is 13.2. The average molecular weight is 405 g/mol. The SMILES string of the molecule is CC(=O)CC[C@@]1(C)CCCc2cn(nn2)CCCC[C@@](C)(C(=O)CN)CCC1=O. The lowest BCUT2D eigenvalue weighted by molar-refractivity contribution is -0.131. The lowest BCUT2D eigenvalue weighted by Gasteiger charge is -2.32. The lowest BCUT2D eigenvalue weighted by Crippen LogP contribution is -2.36. The molecule has 0 aromatic carbocycles. The Hall–Kier alpha value is -1.89. The average Bonchev–Trinajstić information content (AvgIpc) is 3.14. The van der Waals surface area contributed by atoms with Crippen LogP contribution in [0.4, 0.5) is 0 Å². The summed E-state index contributed by atoms with van der Waals surface area (Å²) in [6.45, 7) is 6.24. The van der Waals surface area contributed by atoms with Gasteiger partial charge in [0.05, 0.1) is 12.2 Å². The lowest BCUT2D eigenvalue weighted by atomic mass is 9.71. The molecular weight excluding hydrogens is 368 g/mol. The summed E-state index contributed by atoms with van der Waals surface area (Å²) in [4.78, 5) is 37.3. The van der Waals surface area contributed by atoms with Crippen LogP contribution in [0.15, 0.2) is 6.20 Å². The first-order valence-corrected chi connectivity index (χ1v) is 10.8. The van der Waals surface area contributed by atoms with Crippen LogP contribution in [-0.4, -0.2) is 38.9 Å². The van der Waals surface area contributed by atoms with Gasteiger partial charge in [-0.25, -0.2) is 0 Å². The fraction of sp³-hybridized carbons (Fsp3) is 0.773. The van der Waals surface area contributed by atoms with Crippen molar-refractivity contribution in [2.75, 3.05) is 6.54 Å². The van der Waals surface area contributed by atoms with Crippen LogP contribution in [0.5, 0.6) is 0 Å². The highest BCUT2D eigenvalue weighted by Gasteiger charge is 2.36. The summed E-state index contributed by atoms with van der Waals surface area (Å²) < 4.78 is 1.86. The van der Waals surface area contributed by atoms with E-state index in [4.69, 9.17) is 5.73 Å². The van der Waals surface area contributed by atoms with Crippen molar-refractivity contribution in [3.05, 3.63) is 11.9 Å². The first-order chi connectivity index (χ1) is 13.7. The molecule has 7 nitrogen and oxygen atoms in total. The van der Waals surface area contributed by atoms with E-state index >= 15 is 0 Å². The van der Waals surface area contributed by atoms with E-state index in [1.54, 1.807) is 6.92 Å². The van der Waals surface area contributed by atoms with E-state index in [0.29, 0.717) is 38.5 Å². The van der Waals surface area contributed by atoms with Gasteiger partial charge in [-0.1, -0.05) is 25.5 Å². The van der Waals surface area contributed by atoms with E-state index in [-0.39, 0.29) is 23.9 Å². The van der Waals surface area contributed by atoms with Gasteiger partial charge in [0, 0.05) is 36.4 Å². The van der Waals surface area contributed by atoms with Crippen molar-refractivity contribution in [3.63, 3.8) is 0 Å². The summed E-state index contributed by atoms with van der Waals surface area (Å²) in [5.41, 5.74) is 5.46. The molecule has 2 bridgehead atoms. The molecule has 0 spiro atoms. The predicted molar refractivity (Wildman–Crippen MR) is 111 cm³/mol. The zero-order valence-electron chi connectivity index (χ0n) is 18.2. The van der Waals surface area contributed by atoms with Crippen molar-refractivity contribution in [2.24, 2.45) is 16.6 Å². The first kappa shape index (κ1) is 23.4. The van der Waals surface area contributed by atoms with Gasteiger partial charge in [-0.15, -0.1) is 5.10 Å². The fourth-order valence-corrected chi connectivity index (χ4v) is 4.21. The van der Waals surface area contributed by atoms with Crippen molar-refractivity contribution >= 4 is 17.3 Å². The Bertz CT molecular complexity index is 729. The van der Waals surface area contributed by atoms with Crippen LogP contribution >= 0.6 is 0 Å². The Morgan fingerprint density at radius 3 is 2.59 bits per heavy atom. The van der Waals surface area contributed by atoms with Crippen molar-refractivity contribution in [1.29, 1.82) is 0 Å². The summed E-state index contributed by atoms with van der Waals surface area (Å²) in [5, 5.41) is 8.43. The molecule has 0 fully saturated rings. The molecule has 1 aliphatic rings. The minimum Gasteiger partial charge on any atom is -0.324 e. The molecule has 1 aromatic rings. The quantitative estimate of drug-likeness (QED) is 0.808. The molecule has 29 heavy (non-hydrogen) atoms. The molecule has 2 heterocycles. The second kappa shape index (κ2) is 10.2. The third kappa shape index (κ3) is 6.56. The predicted octanol–water partition coefficient (Wildman–Crippen LogP) is 3.04. The Balaban J connectivity index is 2.23. The summed E-state index contributed by atoms with van der Waals surface area (Å²) in [6.07, 6.45) is 8.56. The van der Waals surface area contributed by atoms with Crippen LogP contribution in [0.25, 0.3) is 0 Å². The van der Waals surface area contributed by atoms with Crippen LogP contribution in [-0.2, 0) is 27.3 Å². The molecule has 1 aliphatic heterocycles. The molecule has 2 rings (SSSR count). The van der Waals surface area contributed by atoms with Gasteiger partial charge in [-0.2, -0.15) is 0 Å². The number of hydrogen-bond donors (Lipinski definition) is 1. The van der Waals surface area contributed by atoms with Crippen molar-refractivity contribution in [2.45, 2.75) is 91.5 Å². The standard InChI is InChI=1S/C22H36N4O3/c1-17(27)8-12-21(2)11-6-7-18-16-26(25-24-18)14-5-4-10-22(3,20(29)15-23)13-9-19(21)28/h16H,4-15,23H2,1-3H3/t21-,22-/m1/s1. The number of aryl methyl sites for hydroxylation is 2. The van der Waals surface area contributed by atoms with Crippen LogP contribution in [0.3, 0.4) is 0 Å². The highest BCUT2D eigenvalue weighted by molar-refractivity contribution is 5.88. The van der Waals surface area contributed by atoms with Crippen molar-refractivity contribution < 1.29 is 14.4 Å². The molecule has 2 atom stereocenters. The molecule has 1 aromatic heterocycles. The normalized spacial score (nSPS) is 27.1. The molecule has 0 radical (unpaired) electrons. The number of aromatic nitrogens is 3. The summed E-state index contributed by atoms with van der Waals surface area (Å²) in [6, 6.07) is 0. The second-order valence-electron chi connectivity index (χ2n) is 9.16. The summed E-state index contributed by atoms with van der Waals surface area (Å²) >= 11 is 0. The van der Waals surface area contributed by atoms with E-state index in [1.807, 2.05) is 24.7 Å². The van der Waals surface area contributed by atoms with Crippen LogP contribution in [0, 0.1) is 10.8 Å². The zero-order chi connectivity index (χ0) is 21.5. The number of nitrogens with two attached hydrogens (primary N) is 1. The Morgan fingerprint density at radius 2 is 1.90 bits per heavy atom. The third-order valence-corrected chi connectivity index (χ3v) is 6.58. The minimum atomic E-state index is -0.584. The van der Waals surface area contributed by atoms with Crippen LogP contribution in [0.1, 0.15) is 84.3 Å². The molecule has 0 amide bonds. The molecule has 0 aliphatic carbocycles. The van der Waals surface area contributed by atoms with E-state index in [0.717, 1.165) is 37.9 Å². The maximum absolute atomic E-state index is 13.2. The number of nitrogens with zero attached hydrogens (tertiary/aromatic N) is 3. The topological polar surface area (TPSA) is 108 Å². The van der Waals surface area contributed by atoms with Gasteiger partial charge < -0.3 is 10.5 Å². The van der Waals surface area contributed by atoms with Gasteiger partial charge in [0.2, 0.25) is 0 Å². The monoisotopic (exact) mass is 404 g/mol. The van der Waals surface area contributed by atoms with Crippen LogP contribution in [0.2, 0.25) is 0 Å².